The molecule has 16 heavy (non-hydrogen) atoms. The summed E-state index contributed by atoms with van der Waals surface area (Å²) < 4.78 is 13.7. The molecule has 0 aliphatic carbocycles. The lowest BCUT2D eigenvalue weighted by molar-refractivity contribution is 0.0456. The van der Waals surface area contributed by atoms with Crippen molar-refractivity contribution in [3.8, 4) is 0 Å². The summed E-state index contributed by atoms with van der Waals surface area (Å²) in [5.41, 5.74) is -0.291. The molecular weight excluding hydrogens is 247 g/mol. The molecule has 1 aromatic rings. The Bertz CT molecular complexity index is 399. The van der Waals surface area contributed by atoms with Gasteiger partial charge >= 0.3 is 0 Å². The molecule has 0 bridgehead atoms. The maximum Gasteiger partial charge on any atom is 0.145 e. The van der Waals surface area contributed by atoms with Crippen LogP contribution in [0.15, 0.2) is 18.2 Å². The van der Waals surface area contributed by atoms with Crippen LogP contribution in [0.4, 0.5) is 4.39 Å². The topological polar surface area (TPSA) is 20.2 Å². The van der Waals surface area contributed by atoms with Gasteiger partial charge in [-0.15, -0.1) is 0 Å². The van der Waals surface area contributed by atoms with Gasteiger partial charge in [0.1, 0.15) is 5.82 Å². The van der Waals surface area contributed by atoms with Crippen molar-refractivity contribution in [2.75, 3.05) is 5.75 Å². The van der Waals surface area contributed by atoms with Crippen LogP contribution in [0.3, 0.4) is 0 Å². The minimum Gasteiger partial charge on any atom is -0.388 e. The van der Waals surface area contributed by atoms with Crippen LogP contribution in [0.2, 0.25) is 5.02 Å². The van der Waals surface area contributed by atoms with Crippen molar-refractivity contribution < 1.29 is 9.50 Å². The van der Waals surface area contributed by atoms with Crippen LogP contribution < -0.4 is 0 Å². The first-order chi connectivity index (χ1) is 7.53. The lowest BCUT2D eigenvalue weighted by Gasteiger charge is -2.27. The minimum atomic E-state index is -0.795. The predicted octanol–water partition coefficient (Wildman–Crippen LogP) is 3.28. The molecule has 0 radical (unpaired) electrons. The number of benzene rings is 1. The molecule has 1 fully saturated rings. The third-order valence-corrected chi connectivity index (χ3v) is 4.86. The van der Waals surface area contributed by atoms with Crippen molar-refractivity contribution in [2.45, 2.75) is 30.6 Å². The van der Waals surface area contributed by atoms with Gasteiger partial charge in [-0.1, -0.05) is 30.7 Å². The number of aliphatic hydroxyl groups is 1. The summed E-state index contributed by atoms with van der Waals surface area (Å²) in [5, 5.41) is 10.7. The van der Waals surface area contributed by atoms with E-state index in [0.717, 1.165) is 5.75 Å². The number of hydrogen-bond acceptors (Lipinski definition) is 2. The number of rotatable bonds is 2. The Morgan fingerprint density at radius 3 is 3.00 bits per heavy atom. The normalized spacial score (nSPS) is 29.6. The number of thioether (sulfide) groups is 1. The summed E-state index contributed by atoms with van der Waals surface area (Å²) in [6.45, 7) is 1.99. The Morgan fingerprint density at radius 1 is 1.62 bits per heavy atom. The zero-order valence-electron chi connectivity index (χ0n) is 9.04. The fraction of sp³-hybridized carbons (Fsp3) is 0.500. The molecule has 1 N–H and O–H groups in total. The molecule has 2 atom stereocenters. The van der Waals surface area contributed by atoms with Gasteiger partial charge in [-0.05, 0) is 23.8 Å². The molecule has 1 aliphatic heterocycles. The first-order valence-electron chi connectivity index (χ1n) is 5.30. The largest absolute Gasteiger partial charge is 0.388 e. The molecule has 1 saturated heterocycles. The van der Waals surface area contributed by atoms with Crippen LogP contribution in [-0.4, -0.2) is 21.7 Å². The van der Waals surface area contributed by atoms with Crippen molar-refractivity contribution >= 4 is 23.4 Å². The number of halogens is 2. The van der Waals surface area contributed by atoms with Crippen molar-refractivity contribution in [1.29, 1.82) is 0 Å². The minimum absolute atomic E-state index is 0.124. The van der Waals surface area contributed by atoms with Crippen LogP contribution in [-0.2, 0) is 6.42 Å². The highest BCUT2D eigenvalue weighted by molar-refractivity contribution is 8.00. The van der Waals surface area contributed by atoms with Crippen molar-refractivity contribution in [3.63, 3.8) is 0 Å². The molecular formula is C12H14ClFOS. The van der Waals surface area contributed by atoms with Gasteiger partial charge in [-0.3, -0.25) is 0 Å². The van der Waals surface area contributed by atoms with Gasteiger partial charge in [-0.25, -0.2) is 4.39 Å². The zero-order valence-corrected chi connectivity index (χ0v) is 10.6. The maximum atomic E-state index is 13.7. The zero-order chi connectivity index (χ0) is 11.8. The summed E-state index contributed by atoms with van der Waals surface area (Å²) in [7, 11) is 0. The van der Waals surface area contributed by atoms with Gasteiger partial charge in [0, 0.05) is 11.7 Å². The summed E-state index contributed by atoms with van der Waals surface area (Å²) in [4.78, 5) is 0. The Morgan fingerprint density at radius 2 is 2.38 bits per heavy atom. The SMILES string of the molecule is CC1SCCC1(O)Cc1cccc(Cl)c1F. The van der Waals surface area contributed by atoms with E-state index in [0.29, 0.717) is 18.4 Å². The molecule has 0 spiro atoms. The Kier molecular flexibility index (Phi) is 3.48. The van der Waals surface area contributed by atoms with Crippen LogP contribution in [0.1, 0.15) is 18.9 Å². The van der Waals surface area contributed by atoms with Gasteiger partial charge in [0.05, 0.1) is 10.6 Å². The van der Waals surface area contributed by atoms with Crippen molar-refractivity contribution in [2.24, 2.45) is 0 Å². The maximum absolute atomic E-state index is 13.7. The van der Waals surface area contributed by atoms with Gasteiger partial charge in [0.25, 0.3) is 0 Å². The Labute approximate surface area is 104 Å². The highest BCUT2D eigenvalue weighted by Gasteiger charge is 2.39. The fourth-order valence-corrected chi connectivity index (χ4v) is 3.55. The second-order valence-electron chi connectivity index (χ2n) is 4.26. The highest BCUT2D eigenvalue weighted by atomic mass is 35.5. The second-order valence-corrected chi connectivity index (χ2v) is 6.11. The Hall–Kier alpha value is -0.250. The first-order valence-corrected chi connectivity index (χ1v) is 6.72. The molecule has 1 heterocycles. The summed E-state index contributed by atoms with van der Waals surface area (Å²) in [6, 6.07) is 4.93. The van der Waals surface area contributed by atoms with E-state index in [4.69, 9.17) is 11.6 Å². The third kappa shape index (κ3) is 2.22. The number of hydrogen-bond donors (Lipinski definition) is 1. The molecule has 0 saturated carbocycles. The van der Waals surface area contributed by atoms with Gasteiger partial charge in [0.15, 0.2) is 0 Å². The molecule has 1 nitrogen and oxygen atoms in total. The molecule has 2 unspecified atom stereocenters. The monoisotopic (exact) mass is 260 g/mol. The average Bonchev–Trinajstić information content (AvgIpc) is 2.55. The summed E-state index contributed by atoms with van der Waals surface area (Å²) in [6.07, 6.45) is 1.05. The summed E-state index contributed by atoms with van der Waals surface area (Å²) in [5.74, 6) is 0.529. The van der Waals surface area contributed by atoms with Crippen LogP contribution >= 0.6 is 23.4 Å². The molecule has 88 valence electrons. The van der Waals surface area contributed by atoms with E-state index in [1.165, 1.54) is 6.07 Å². The van der Waals surface area contributed by atoms with E-state index in [9.17, 15) is 9.50 Å². The molecule has 4 heteroatoms. The molecule has 0 aromatic heterocycles. The van der Waals surface area contributed by atoms with Crippen molar-refractivity contribution in [3.05, 3.63) is 34.6 Å². The van der Waals surface area contributed by atoms with E-state index >= 15 is 0 Å². The van der Waals surface area contributed by atoms with Gasteiger partial charge < -0.3 is 5.11 Å². The molecule has 1 aromatic carbocycles. The van der Waals surface area contributed by atoms with E-state index in [2.05, 4.69) is 0 Å². The van der Waals surface area contributed by atoms with E-state index in [1.54, 1.807) is 23.9 Å². The van der Waals surface area contributed by atoms with E-state index in [1.807, 2.05) is 6.92 Å². The third-order valence-electron chi connectivity index (χ3n) is 3.19. The lowest BCUT2D eigenvalue weighted by atomic mass is 9.89. The van der Waals surface area contributed by atoms with Crippen LogP contribution in [0.5, 0.6) is 0 Å². The highest BCUT2D eigenvalue weighted by Crippen LogP contribution is 2.38. The lowest BCUT2D eigenvalue weighted by Crippen LogP contribution is -2.37. The standard InChI is InChI=1S/C12H14ClFOS/c1-8-12(15,5-6-16-8)7-9-3-2-4-10(13)11(9)14/h2-4,8,15H,5-7H2,1H3. The van der Waals surface area contributed by atoms with Gasteiger partial charge in [0.2, 0.25) is 0 Å². The fourth-order valence-electron chi connectivity index (χ4n) is 2.02. The molecule has 2 rings (SSSR count). The molecule has 1 aliphatic rings. The first kappa shape index (κ1) is 12.2. The Balaban J connectivity index is 2.24. The van der Waals surface area contributed by atoms with E-state index in [-0.39, 0.29) is 10.3 Å². The van der Waals surface area contributed by atoms with Gasteiger partial charge in [-0.2, -0.15) is 11.8 Å². The quantitative estimate of drug-likeness (QED) is 0.881. The van der Waals surface area contributed by atoms with Crippen molar-refractivity contribution in [1.82, 2.24) is 0 Å². The average molecular weight is 261 g/mol. The predicted molar refractivity (Wildman–Crippen MR) is 66.6 cm³/mol. The van der Waals surface area contributed by atoms with E-state index < -0.39 is 11.4 Å². The smallest absolute Gasteiger partial charge is 0.145 e. The summed E-state index contributed by atoms with van der Waals surface area (Å²) >= 11 is 7.45. The second kappa shape index (κ2) is 4.55. The molecule has 0 amide bonds. The van der Waals surface area contributed by atoms with Crippen LogP contribution in [0, 0.1) is 5.82 Å². The van der Waals surface area contributed by atoms with Crippen LogP contribution in [0.25, 0.3) is 0 Å².